The first-order valence-electron chi connectivity index (χ1n) is 9.35. The topological polar surface area (TPSA) is 55.9 Å². The summed E-state index contributed by atoms with van der Waals surface area (Å²) < 4.78 is 16.7. The van der Waals surface area contributed by atoms with Gasteiger partial charge in [-0.2, -0.15) is 0 Å². The van der Waals surface area contributed by atoms with Crippen molar-refractivity contribution < 1.29 is 14.2 Å². The number of nitrogens with zero attached hydrogens (tertiary/aromatic N) is 2. The van der Waals surface area contributed by atoms with E-state index in [0.29, 0.717) is 11.5 Å². The van der Waals surface area contributed by atoms with Crippen molar-refractivity contribution in [2.24, 2.45) is 0 Å². The Morgan fingerprint density at radius 2 is 1.70 bits per heavy atom. The Morgan fingerprint density at radius 3 is 2.37 bits per heavy atom. The van der Waals surface area contributed by atoms with Gasteiger partial charge < -0.3 is 19.5 Å². The smallest absolute Gasteiger partial charge is 0.164 e. The van der Waals surface area contributed by atoms with E-state index in [1.165, 1.54) is 0 Å². The van der Waals surface area contributed by atoms with Crippen molar-refractivity contribution in [1.82, 2.24) is 15.2 Å². The molecular formula is C21H29N3O3. The number of methoxy groups -OCH3 is 3. The molecule has 1 aromatic heterocycles. The van der Waals surface area contributed by atoms with Gasteiger partial charge in [0.2, 0.25) is 0 Å². The highest BCUT2D eigenvalue weighted by Gasteiger charge is 2.28. The zero-order valence-electron chi connectivity index (χ0n) is 16.6. The van der Waals surface area contributed by atoms with E-state index in [4.69, 9.17) is 19.2 Å². The quantitative estimate of drug-likeness (QED) is 0.843. The molecule has 2 aromatic rings. The molecule has 3 rings (SSSR count). The van der Waals surface area contributed by atoms with Crippen LogP contribution in [0.3, 0.4) is 0 Å². The van der Waals surface area contributed by atoms with E-state index in [9.17, 15) is 0 Å². The number of hydrogen-bond donors (Lipinski definition) is 1. The van der Waals surface area contributed by atoms with Crippen molar-refractivity contribution in [1.29, 1.82) is 0 Å². The summed E-state index contributed by atoms with van der Waals surface area (Å²) in [6.07, 6.45) is 3.02. The number of nitrogens with one attached hydrogen (secondary N) is 1. The van der Waals surface area contributed by atoms with E-state index in [1.54, 1.807) is 21.3 Å². The molecule has 6 nitrogen and oxygen atoms in total. The summed E-state index contributed by atoms with van der Waals surface area (Å²) in [6.45, 7) is 5.98. The molecule has 0 radical (unpaired) electrons. The fourth-order valence-corrected chi connectivity index (χ4v) is 3.58. The molecule has 0 bridgehead atoms. The predicted octanol–water partition coefficient (Wildman–Crippen LogP) is 2.80. The zero-order valence-corrected chi connectivity index (χ0v) is 16.6. The second-order valence-electron chi connectivity index (χ2n) is 6.75. The Hall–Kier alpha value is -2.31. The van der Waals surface area contributed by atoms with Crippen molar-refractivity contribution in [3.05, 3.63) is 47.3 Å². The summed E-state index contributed by atoms with van der Waals surface area (Å²) >= 11 is 0. The molecule has 1 unspecified atom stereocenters. The van der Waals surface area contributed by atoms with Crippen LogP contribution < -0.4 is 19.5 Å². The Balaban J connectivity index is 2.12. The second kappa shape index (κ2) is 9.06. The lowest BCUT2D eigenvalue weighted by molar-refractivity contribution is 0.231. The van der Waals surface area contributed by atoms with E-state index in [2.05, 4.69) is 29.3 Å². The van der Waals surface area contributed by atoms with Gasteiger partial charge in [-0.3, -0.25) is 9.88 Å². The number of aryl methyl sites for hydroxylation is 1. The van der Waals surface area contributed by atoms with Crippen LogP contribution in [0.1, 0.15) is 29.3 Å². The van der Waals surface area contributed by atoms with Crippen molar-refractivity contribution in [2.75, 3.05) is 47.5 Å². The van der Waals surface area contributed by atoms with Crippen LogP contribution in [0.5, 0.6) is 17.2 Å². The third-order valence-electron chi connectivity index (χ3n) is 4.98. The molecule has 1 aromatic carbocycles. The predicted molar refractivity (Wildman–Crippen MR) is 106 cm³/mol. The standard InChI is InChI=1S/C21H29N3O3/c1-15-6-7-17(23-14-15)21(24-10-5-8-22-9-11-24)16-12-19(26-3)20(27-4)13-18(16)25-2/h6-7,12-14,21-22H,5,8-11H2,1-4H3. The van der Waals surface area contributed by atoms with Crippen LogP contribution in [0.2, 0.25) is 0 Å². The summed E-state index contributed by atoms with van der Waals surface area (Å²) in [5.74, 6) is 2.13. The van der Waals surface area contributed by atoms with Crippen molar-refractivity contribution in [3.8, 4) is 17.2 Å². The molecule has 1 aliphatic rings. The zero-order chi connectivity index (χ0) is 19.2. The van der Waals surface area contributed by atoms with E-state index >= 15 is 0 Å². The average Bonchev–Trinajstić information content (AvgIpc) is 2.98. The average molecular weight is 371 g/mol. The van der Waals surface area contributed by atoms with E-state index in [0.717, 1.165) is 55.2 Å². The van der Waals surface area contributed by atoms with Crippen LogP contribution in [0.25, 0.3) is 0 Å². The SMILES string of the molecule is COc1cc(OC)c(C(c2ccc(C)cn2)N2CCCNCC2)cc1OC. The number of rotatable bonds is 6. The Kier molecular flexibility index (Phi) is 6.53. The van der Waals surface area contributed by atoms with Gasteiger partial charge in [-0.05, 0) is 37.6 Å². The molecule has 0 spiro atoms. The van der Waals surface area contributed by atoms with E-state index in [1.807, 2.05) is 18.3 Å². The van der Waals surface area contributed by atoms with E-state index < -0.39 is 0 Å². The Bertz CT molecular complexity index is 741. The maximum absolute atomic E-state index is 5.73. The summed E-state index contributed by atoms with van der Waals surface area (Å²) in [6, 6.07) is 8.11. The Labute approximate surface area is 161 Å². The highest BCUT2D eigenvalue weighted by atomic mass is 16.5. The van der Waals surface area contributed by atoms with Crippen LogP contribution in [0.4, 0.5) is 0 Å². The van der Waals surface area contributed by atoms with Gasteiger partial charge in [0.25, 0.3) is 0 Å². The number of pyridine rings is 1. The van der Waals surface area contributed by atoms with Gasteiger partial charge in [0.05, 0.1) is 33.1 Å². The van der Waals surface area contributed by atoms with Crippen LogP contribution in [0.15, 0.2) is 30.5 Å². The molecule has 1 atom stereocenters. The third-order valence-corrected chi connectivity index (χ3v) is 4.98. The molecular weight excluding hydrogens is 342 g/mol. The van der Waals surface area contributed by atoms with Gasteiger partial charge in [-0.1, -0.05) is 6.07 Å². The lowest BCUT2D eigenvalue weighted by Crippen LogP contribution is -2.33. The van der Waals surface area contributed by atoms with Crippen LogP contribution >= 0.6 is 0 Å². The van der Waals surface area contributed by atoms with Gasteiger partial charge in [0, 0.05) is 37.5 Å². The molecule has 0 saturated carbocycles. The minimum absolute atomic E-state index is 0.0137. The van der Waals surface area contributed by atoms with Gasteiger partial charge in [0.15, 0.2) is 11.5 Å². The first-order valence-corrected chi connectivity index (χ1v) is 9.35. The normalized spacial score (nSPS) is 16.4. The maximum Gasteiger partial charge on any atom is 0.164 e. The Morgan fingerprint density at radius 1 is 0.963 bits per heavy atom. The van der Waals surface area contributed by atoms with Crippen LogP contribution in [-0.4, -0.2) is 57.4 Å². The molecule has 0 amide bonds. The molecule has 1 fully saturated rings. The monoisotopic (exact) mass is 371 g/mol. The number of hydrogen-bond acceptors (Lipinski definition) is 6. The molecule has 146 valence electrons. The maximum atomic E-state index is 5.73. The molecule has 27 heavy (non-hydrogen) atoms. The van der Waals surface area contributed by atoms with Crippen molar-refractivity contribution >= 4 is 0 Å². The number of ether oxygens (including phenoxy) is 3. The summed E-state index contributed by atoms with van der Waals surface area (Å²) in [4.78, 5) is 7.20. The van der Waals surface area contributed by atoms with Crippen LogP contribution in [-0.2, 0) is 0 Å². The first kappa shape index (κ1) is 19.5. The van der Waals surface area contributed by atoms with Crippen LogP contribution in [0, 0.1) is 6.92 Å². The van der Waals surface area contributed by atoms with Gasteiger partial charge in [-0.25, -0.2) is 0 Å². The highest BCUT2D eigenvalue weighted by Crippen LogP contribution is 2.41. The number of aromatic nitrogens is 1. The molecule has 1 N–H and O–H groups in total. The molecule has 1 aliphatic heterocycles. The molecule has 1 saturated heterocycles. The molecule has 2 heterocycles. The summed E-state index contributed by atoms with van der Waals surface area (Å²) in [5, 5.41) is 3.48. The minimum atomic E-state index is -0.0137. The van der Waals surface area contributed by atoms with Gasteiger partial charge >= 0.3 is 0 Å². The highest BCUT2D eigenvalue weighted by molar-refractivity contribution is 5.53. The fourth-order valence-electron chi connectivity index (χ4n) is 3.58. The van der Waals surface area contributed by atoms with E-state index in [-0.39, 0.29) is 6.04 Å². The van der Waals surface area contributed by atoms with Crippen molar-refractivity contribution in [2.45, 2.75) is 19.4 Å². The van der Waals surface area contributed by atoms with Crippen molar-refractivity contribution in [3.63, 3.8) is 0 Å². The molecule has 0 aliphatic carbocycles. The lowest BCUT2D eigenvalue weighted by Gasteiger charge is -2.32. The third kappa shape index (κ3) is 4.34. The summed E-state index contributed by atoms with van der Waals surface area (Å²) in [7, 11) is 4.98. The lowest BCUT2D eigenvalue weighted by atomic mass is 9.98. The van der Waals surface area contributed by atoms with Gasteiger partial charge in [-0.15, -0.1) is 0 Å². The minimum Gasteiger partial charge on any atom is -0.496 e. The summed E-state index contributed by atoms with van der Waals surface area (Å²) in [5.41, 5.74) is 3.19. The number of benzene rings is 1. The second-order valence-corrected chi connectivity index (χ2v) is 6.75. The first-order chi connectivity index (χ1) is 13.2. The molecule has 6 heteroatoms. The van der Waals surface area contributed by atoms with Gasteiger partial charge in [0.1, 0.15) is 5.75 Å². The fraction of sp³-hybridized carbons (Fsp3) is 0.476. The largest absolute Gasteiger partial charge is 0.496 e.